The zero-order valence-electron chi connectivity index (χ0n) is 17.8. The molecule has 0 aliphatic heterocycles. The van der Waals surface area contributed by atoms with Gasteiger partial charge in [0.15, 0.2) is 10.2 Å². The Kier molecular flexibility index (Phi) is 8.45. The summed E-state index contributed by atoms with van der Waals surface area (Å²) >= 11 is 10.3. The molecule has 2 amide bonds. The van der Waals surface area contributed by atoms with Gasteiger partial charge in [0.25, 0.3) is 5.91 Å². The maximum Gasteiger partial charge on any atom is 0.257 e. The van der Waals surface area contributed by atoms with Gasteiger partial charge in [0.2, 0.25) is 5.91 Å². The van der Waals surface area contributed by atoms with Gasteiger partial charge in [0, 0.05) is 23.9 Å². The molecule has 7 nitrogen and oxygen atoms in total. The van der Waals surface area contributed by atoms with E-state index < -0.39 is 0 Å². The van der Waals surface area contributed by atoms with E-state index in [-0.39, 0.29) is 22.0 Å². The molecule has 0 aliphatic rings. The van der Waals surface area contributed by atoms with Crippen molar-refractivity contribution in [2.24, 2.45) is 0 Å². The van der Waals surface area contributed by atoms with Gasteiger partial charge in [0.1, 0.15) is 12.4 Å². The van der Waals surface area contributed by atoms with Crippen LogP contribution in [0.4, 0.5) is 11.4 Å². The summed E-state index contributed by atoms with van der Waals surface area (Å²) in [6, 6.07) is 23.7. The number of thiocarbonyl (C=S) groups is 2. The minimum atomic E-state index is -0.350. The number of hydrogen-bond acceptors (Lipinski definition) is 5. The number of hydrogen-bond donors (Lipinski definition) is 4. The molecule has 0 aliphatic carbocycles. The fourth-order valence-corrected chi connectivity index (χ4v) is 3.24. The molecule has 4 N–H and O–H groups in total. The normalized spacial score (nSPS) is 9.97. The highest BCUT2D eigenvalue weighted by molar-refractivity contribution is 7.80. The monoisotopic (exact) mass is 478 g/mol. The lowest BCUT2D eigenvalue weighted by Crippen LogP contribution is -2.34. The van der Waals surface area contributed by atoms with Crippen molar-refractivity contribution in [3.8, 4) is 5.75 Å². The van der Waals surface area contributed by atoms with Crippen LogP contribution in [0.25, 0.3) is 0 Å². The molecule has 0 aromatic heterocycles. The molecule has 0 spiro atoms. The molecule has 0 unspecified atom stereocenters. The first-order valence-corrected chi connectivity index (χ1v) is 10.8. The molecule has 9 heteroatoms. The van der Waals surface area contributed by atoms with Gasteiger partial charge in [-0.3, -0.25) is 14.9 Å². The summed E-state index contributed by atoms with van der Waals surface area (Å²) in [5.41, 5.74) is 2.84. The average Bonchev–Trinajstić information content (AvgIpc) is 2.79. The van der Waals surface area contributed by atoms with Crippen LogP contribution < -0.4 is 26.0 Å². The minimum Gasteiger partial charge on any atom is -0.489 e. The molecule has 168 valence electrons. The van der Waals surface area contributed by atoms with E-state index >= 15 is 0 Å². The molecule has 0 atom stereocenters. The van der Waals surface area contributed by atoms with Gasteiger partial charge < -0.3 is 20.7 Å². The van der Waals surface area contributed by atoms with E-state index in [0.29, 0.717) is 29.3 Å². The topological polar surface area (TPSA) is 91.5 Å². The Bertz CT molecular complexity index is 1150. The number of carbonyl (C=O) groups is 2. The van der Waals surface area contributed by atoms with Gasteiger partial charge in [-0.15, -0.1) is 0 Å². The molecule has 0 saturated carbocycles. The summed E-state index contributed by atoms with van der Waals surface area (Å²) in [6.45, 7) is 1.79. The molecular weight excluding hydrogens is 456 g/mol. The Labute approximate surface area is 202 Å². The van der Waals surface area contributed by atoms with E-state index in [9.17, 15) is 9.59 Å². The minimum absolute atomic E-state index is 0.157. The largest absolute Gasteiger partial charge is 0.489 e. The van der Waals surface area contributed by atoms with E-state index in [1.54, 1.807) is 48.5 Å². The van der Waals surface area contributed by atoms with Crippen LogP contribution in [0.15, 0.2) is 78.9 Å². The zero-order chi connectivity index (χ0) is 23.6. The van der Waals surface area contributed by atoms with Crippen LogP contribution >= 0.6 is 24.4 Å². The summed E-state index contributed by atoms with van der Waals surface area (Å²) in [6.07, 6.45) is 0. The first kappa shape index (κ1) is 23.8. The molecule has 33 heavy (non-hydrogen) atoms. The van der Waals surface area contributed by atoms with E-state index in [1.807, 2.05) is 30.3 Å². The van der Waals surface area contributed by atoms with Crippen LogP contribution in [0.2, 0.25) is 0 Å². The standard InChI is InChI=1S/C24H22N4O3S2/c1-16(29)25-23(32)26-19-10-12-20(13-11-19)27-24(33)28-22(30)18-8-5-9-21(14-18)31-15-17-6-3-2-4-7-17/h2-14H,15H2,1H3,(H2,25,26,29,32)(H2,27,28,30,33). The summed E-state index contributed by atoms with van der Waals surface area (Å²) in [5, 5.41) is 11.4. The van der Waals surface area contributed by atoms with Crippen molar-refractivity contribution in [2.75, 3.05) is 10.6 Å². The average molecular weight is 479 g/mol. The Hall–Kier alpha value is -3.82. The highest BCUT2D eigenvalue weighted by Gasteiger charge is 2.10. The van der Waals surface area contributed by atoms with Crippen LogP contribution in [0.3, 0.4) is 0 Å². The summed E-state index contributed by atoms with van der Waals surface area (Å²) in [4.78, 5) is 23.6. The third-order valence-electron chi connectivity index (χ3n) is 4.26. The Morgan fingerprint density at radius 1 is 0.788 bits per heavy atom. The Morgan fingerprint density at radius 2 is 1.39 bits per heavy atom. The summed E-state index contributed by atoms with van der Waals surface area (Å²) in [5.74, 6) is -0.0116. The molecule has 3 aromatic rings. The van der Waals surface area contributed by atoms with Crippen LogP contribution in [0.5, 0.6) is 5.75 Å². The smallest absolute Gasteiger partial charge is 0.257 e. The first-order valence-electron chi connectivity index (χ1n) is 9.97. The molecule has 3 rings (SSSR count). The quantitative estimate of drug-likeness (QED) is 0.394. The van der Waals surface area contributed by atoms with Crippen molar-refractivity contribution in [3.63, 3.8) is 0 Å². The zero-order valence-corrected chi connectivity index (χ0v) is 19.4. The maximum atomic E-state index is 12.6. The van der Waals surface area contributed by atoms with Crippen molar-refractivity contribution >= 4 is 57.8 Å². The van der Waals surface area contributed by atoms with Gasteiger partial charge in [-0.25, -0.2) is 0 Å². The Morgan fingerprint density at radius 3 is 2.00 bits per heavy atom. The highest BCUT2D eigenvalue weighted by Crippen LogP contribution is 2.16. The number of amides is 2. The van der Waals surface area contributed by atoms with Crippen molar-refractivity contribution in [1.82, 2.24) is 10.6 Å². The van der Waals surface area contributed by atoms with Gasteiger partial charge in [0.05, 0.1) is 0 Å². The second-order valence-electron chi connectivity index (χ2n) is 6.92. The molecular formula is C24H22N4O3S2. The second kappa shape index (κ2) is 11.7. The predicted molar refractivity (Wildman–Crippen MR) is 137 cm³/mol. The molecule has 0 fully saturated rings. The molecule has 0 saturated heterocycles. The Balaban J connectivity index is 1.51. The van der Waals surface area contributed by atoms with E-state index in [0.717, 1.165) is 5.56 Å². The summed E-state index contributed by atoms with van der Waals surface area (Å²) in [7, 11) is 0. The number of nitrogens with one attached hydrogen (secondary N) is 4. The lowest BCUT2D eigenvalue weighted by atomic mass is 10.2. The predicted octanol–water partition coefficient (Wildman–Crippen LogP) is 4.23. The first-order chi connectivity index (χ1) is 15.9. The number of carbonyl (C=O) groups excluding carboxylic acids is 2. The molecule has 0 bridgehead atoms. The fourth-order valence-electron chi connectivity index (χ4n) is 2.76. The molecule has 0 heterocycles. The third kappa shape index (κ3) is 7.99. The fraction of sp³-hybridized carbons (Fsp3) is 0.0833. The van der Waals surface area contributed by atoms with Crippen molar-refractivity contribution < 1.29 is 14.3 Å². The van der Waals surface area contributed by atoms with Crippen LogP contribution in [-0.2, 0) is 11.4 Å². The number of rotatable bonds is 6. The van der Waals surface area contributed by atoms with Crippen molar-refractivity contribution in [1.29, 1.82) is 0 Å². The number of anilines is 2. The van der Waals surface area contributed by atoms with Gasteiger partial charge >= 0.3 is 0 Å². The lowest BCUT2D eigenvalue weighted by molar-refractivity contribution is -0.117. The third-order valence-corrected chi connectivity index (χ3v) is 4.67. The van der Waals surface area contributed by atoms with Crippen LogP contribution in [-0.4, -0.2) is 22.0 Å². The summed E-state index contributed by atoms with van der Waals surface area (Å²) < 4.78 is 5.78. The second-order valence-corrected chi connectivity index (χ2v) is 7.74. The molecule has 0 radical (unpaired) electrons. The van der Waals surface area contributed by atoms with Crippen molar-refractivity contribution in [3.05, 3.63) is 90.0 Å². The number of benzene rings is 3. The van der Waals surface area contributed by atoms with E-state index in [1.165, 1.54) is 6.92 Å². The van der Waals surface area contributed by atoms with Gasteiger partial charge in [-0.1, -0.05) is 36.4 Å². The van der Waals surface area contributed by atoms with E-state index in [2.05, 4.69) is 21.3 Å². The lowest BCUT2D eigenvalue weighted by Gasteiger charge is -2.12. The van der Waals surface area contributed by atoms with Crippen LogP contribution in [0.1, 0.15) is 22.8 Å². The SMILES string of the molecule is CC(=O)NC(=S)Nc1ccc(NC(=S)NC(=O)c2cccc(OCc3ccccc3)c2)cc1. The number of ether oxygens (including phenoxy) is 1. The van der Waals surface area contributed by atoms with Crippen molar-refractivity contribution in [2.45, 2.75) is 13.5 Å². The van der Waals surface area contributed by atoms with Crippen LogP contribution in [0, 0.1) is 0 Å². The van der Waals surface area contributed by atoms with Gasteiger partial charge in [-0.2, -0.15) is 0 Å². The highest BCUT2D eigenvalue weighted by atomic mass is 32.1. The van der Waals surface area contributed by atoms with Gasteiger partial charge in [-0.05, 0) is 72.5 Å². The maximum absolute atomic E-state index is 12.6. The van der Waals surface area contributed by atoms with E-state index in [4.69, 9.17) is 29.2 Å². The molecule has 3 aromatic carbocycles.